The highest BCUT2D eigenvalue weighted by Crippen LogP contribution is 1.97. The van der Waals surface area contributed by atoms with Crippen molar-refractivity contribution in [1.82, 2.24) is 0 Å². The molecule has 1 rings (SSSR count). The number of hydrogen-bond acceptors (Lipinski definition) is 1. The van der Waals surface area contributed by atoms with E-state index in [1.165, 1.54) is 5.56 Å². The van der Waals surface area contributed by atoms with Gasteiger partial charge in [-0.2, -0.15) is 0 Å². The molecule has 0 aliphatic heterocycles. The molecule has 1 aromatic carbocycles. The van der Waals surface area contributed by atoms with Crippen LogP contribution in [0.4, 0.5) is 0 Å². The van der Waals surface area contributed by atoms with Crippen LogP contribution in [0.3, 0.4) is 0 Å². The Balaban J connectivity index is 2.64. The quantitative estimate of drug-likeness (QED) is 0.430. The molecule has 0 spiro atoms. The molecule has 10 heavy (non-hydrogen) atoms. The van der Waals surface area contributed by atoms with Crippen LogP contribution in [0, 0.1) is 11.2 Å². The maximum Gasteiger partial charge on any atom is 0.0322 e. The van der Waals surface area contributed by atoms with Gasteiger partial charge in [0.1, 0.15) is 0 Å². The zero-order valence-corrected chi connectivity index (χ0v) is 6.32. The van der Waals surface area contributed by atoms with Crippen LogP contribution in [0.2, 0.25) is 0 Å². The zero-order chi connectivity index (χ0) is 7.23. The lowest BCUT2D eigenvalue weighted by molar-refractivity contribution is 1.32. The molecule has 0 saturated carbocycles. The molecule has 0 nitrogen and oxygen atoms in total. The second kappa shape index (κ2) is 3.92. The number of hydrogen-bond donors (Lipinski definition) is 0. The first-order valence-electron chi connectivity index (χ1n) is 3.07. The van der Waals surface area contributed by atoms with Gasteiger partial charge in [-0.05, 0) is 5.56 Å². The summed E-state index contributed by atoms with van der Waals surface area (Å²) in [7, 11) is 0. The van der Waals surface area contributed by atoms with Crippen LogP contribution in [0.5, 0.6) is 0 Å². The van der Waals surface area contributed by atoms with Crippen LogP contribution in [-0.4, -0.2) is 0 Å². The fourth-order valence-electron chi connectivity index (χ4n) is 0.734. The van der Waals surface area contributed by atoms with Gasteiger partial charge in [-0.3, -0.25) is 0 Å². The van der Waals surface area contributed by atoms with Gasteiger partial charge in [0, 0.05) is 6.42 Å². The molecule has 1 aromatic rings. The van der Waals surface area contributed by atoms with Gasteiger partial charge < -0.3 is 12.6 Å². The molecule has 0 heterocycles. The molecule has 0 atom stereocenters. The summed E-state index contributed by atoms with van der Waals surface area (Å²) in [6, 6.07) is 10.1. The fourth-order valence-corrected chi connectivity index (χ4v) is 0.806. The Morgan fingerprint density at radius 2 is 1.90 bits per heavy atom. The molecular formula is C9H7S-. The van der Waals surface area contributed by atoms with Crippen LogP contribution < -0.4 is 0 Å². The molecule has 0 N–H and O–H groups in total. The first-order chi connectivity index (χ1) is 4.93. The van der Waals surface area contributed by atoms with E-state index in [4.69, 9.17) is 0 Å². The van der Waals surface area contributed by atoms with E-state index in [0.29, 0.717) is 0 Å². The third-order valence-electron chi connectivity index (χ3n) is 1.21. The fraction of sp³-hybridized carbons (Fsp3) is 0.111. The number of rotatable bonds is 1. The van der Waals surface area contributed by atoms with E-state index in [9.17, 15) is 0 Å². The summed E-state index contributed by atoms with van der Waals surface area (Å²) in [6.07, 6.45) is 0.768. The highest BCUT2D eigenvalue weighted by molar-refractivity contribution is 7.64. The Hall–Kier alpha value is -1.00. The Labute approximate surface area is 66.7 Å². The first kappa shape index (κ1) is 7.11. The highest BCUT2D eigenvalue weighted by Gasteiger charge is 1.82. The summed E-state index contributed by atoms with van der Waals surface area (Å²) in [5.41, 5.74) is 1.22. The van der Waals surface area contributed by atoms with Gasteiger partial charge in [0.2, 0.25) is 0 Å². The summed E-state index contributed by atoms with van der Waals surface area (Å²) < 4.78 is 0. The van der Waals surface area contributed by atoms with E-state index in [1.807, 2.05) is 30.3 Å². The van der Waals surface area contributed by atoms with Crippen molar-refractivity contribution in [3.05, 3.63) is 35.9 Å². The first-order valence-corrected chi connectivity index (χ1v) is 3.48. The summed E-state index contributed by atoms with van der Waals surface area (Å²) in [5, 5.41) is 2.45. The maximum absolute atomic E-state index is 4.49. The molecule has 0 fully saturated rings. The second-order valence-electron chi connectivity index (χ2n) is 1.94. The molecule has 0 bridgehead atoms. The van der Waals surface area contributed by atoms with Gasteiger partial charge in [0.15, 0.2) is 0 Å². The predicted octanol–water partition coefficient (Wildman–Crippen LogP) is 1.74. The minimum Gasteiger partial charge on any atom is -0.725 e. The minimum atomic E-state index is 0.768. The lowest BCUT2D eigenvalue weighted by Crippen LogP contribution is -1.77. The van der Waals surface area contributed by atoms with Crippen molar-refractivity contribution in [3.8, 4) is 11.2 Å². The molecular weight excluding hydrogens is 140 g/mol. The third kappa shape index (κ3) is 2.08. The van der Waals surface area contributed by atoms with E-state index >= 15 is 0 Å². The smallest absolute Gasteiger partial charge is 0.0322 e. The molecule has 0 aliphatic rings. The molecule has 0 aromatic heterocycles. The van der Waals surface area contributed by atoms with Crippen molar-refractivity contribution in [2.24, 2.45) is 0 Å². The second-order valence-corrected chi connectivity index (χ2v) is 2.15. The third-order valence-corrected chi connectivity index (χ3v) is 1.35. The van der Waals surface area contributed by atoms with Crippen LogP contribution in [0.25, 0.3) is 0 Å². The summed E-state index contributed by atoms with van der Waals surface area (Å²) >= 11 is 4.49. The van der Waals surface area contributed by atoms with Gasteiger partial charge in [-0.1, -0.05) is 30.3 Å². The Morgan fingerprint density at radius 3 is 2.50 bits per heavy atom. The Morgan fingerprint density at radius 1 is 1.20 bits per heavy atom. The summed E-state index contributed by atoms with van der Waals surface area (Å²) in [5.74, 6) is 2.83. The average molecular weight is 147 g/mol. The van der Waals surface area contributed by atoms with Crippen molar-refractivity contribution in [3.63, 3.8) is 0 Å². The molecule has 0 unspecified atom stereocenters. The molecule has 1 heteroatoms. The summed E-state index contributed by atoms with van der Waals surface area (Å²) in [4.78, 5) is 0. The largest absolute Gasteiger partial charge is 0.725 e. The van der Waals surface area contributed by atoms with Gasteiger partial charge in [-0.15, -0.1) is 5.92 Å². The molecule has 0 amide bonds. The van der Waals surface area contributed by atoms with Crippen LogP contribution in [0.15, 0.2) is 30.3 Å². The molecule has 0 radical (unpaired) electrons. The molecule has 50 valence electrons. The van der Waals surface area contributed by atoms with Gasteiger partial charge in [0.05, 0.1) is 0 Å². The number of benzene rings is 1. The van der Waals surface area contributed by atoms with E-state index in [2.05, 4.69) is 23.8 Å². The SMILES string of the molecule is [S-]C#CCc1ccccc1. The standard InChI is InChI=1S/C9H8S/c10-8-4-7-9-5-2-1-3-6-9/h1-3,5-6,10H,7H2/p-1. The lowest BCUT2D eigenvalue weighted by atomic mass is 10.2. The van der Waals surface area contributed by atoms with Crippen molar-refractivity contribution in [1.29, 1.82) is 0 Å². The predicted molar refractivity (Wildman–Crippen MR) is 45.3 cm³/mol. The zero-order valence-electron chi connectivity index (χ0n) is 5.50. The van der Waals surface area contributed by atoms with E-state index in [-0.39, 0.29) is 0 Å². The van der Waals surface area contributed by atoms with Gasteiger partial charge >= 0.3 is 0 Å². The van der Waals surface area contributed by atoms with Crippen molar-refractivity contribution < 1.29 is 0 Å². The van der Waals surface area contributed by atoms with Crippen molar-refractivity contribution >= 4 is 12.6 Å². The summed E-state index contributed by atoms with van der Waals surface area (Å²) in [6.45, 7) is 0. The maximum atomic E-state index is 4.49. The van der Waals surface area contributed by atoms with Gasteiger partial charge in [-0.25, -0.2) is 5.25 Å². The van der Waals surface area contributed by atoms with E-state index < -0.39 is 0 Å². The van der Waals surface area contributed by atoms with Crippen LogP contribution in [-0.2, 0) is 19.0 Å². The van der Waals surface area contributed by atoms with Crippen molar-refractivity contribution in [2.45, 2.75) is 6.42 Å². The molecule has 0 saturated heterocycles. The van der Waals surface area contributed by atoms with Crippen LogP contribution >= 0.6 is 0 Å². The highest BCUT2D eigenvalue weighted by atomic mass is 32.1. The Bertz CT molecular complexity index is 240. The Kier molecular flexibility index (Phi) is 2.79. The van der Waals surface area contributed by atoms with E-state index in [0.717, 1.165) is 6.42 Å². The van der Waals surface area contributed by atoms with E-state index in [1.54, 1.807) is 0 Å². The monoisotopic (exact) mass is 147 g/mol. The molecule has 0 aliphatic carbocycles. The van der Waals surface area contributed by atoms with Crippen LogP contribution in [0.1, 0.15) is 5.56 Å². The topological polar surface area (TPSA) is 0 Å². The van der Waals surface area contributed by atoms with Gasteiger partial charge in [0.25, 0.3) is 0 Å². The normalized spacial score (nSPS) is 8.00. The minimum absolute atomic E-state index is 0.768. The van der Waals surface area contributed by atoms with Crippen molar-refractivity contribution in [2.75, 3.05) is 0 Å². The average Bonchev–Trinajstić information content (AvgIpc) is 2.03. The lowest BCUT2D eigenvalue weighted by Gasteiger charge is -1.91.